The van der Waals surface area contributed by atoms with Crippen molar-refractivity contribution < 1.29 is 29.4 Å². The number of nitrogens with one attached hydrogen (secondary N) is 3. The van der Waals surface area contributed by atoms with Crippen molar-refractivity contribution in [1.82, 2.24) is 26.0 Å². The van der Waals surface area contributed by atoms with E-state index >= 15 is 0 Å². The number of hydrogen-bond donors (Lipinski definition) is 5. The SMILES string of the molecule is O=C(CCCC(=O)NCc1cccc(-c2cccc(C3OC(CSc4ncn[nH]4)CC(c4ccc(CO)cc4)O3)c2)c1)NO. The molecule has 2 amide bonds. The highest BCUT2D eigenvalue weighted by molar-refractivity contribution is 7.99. The first-order valence-electron chi connectivity index (χ1n) is 14.4. The van der Waals surface area contributed by atoms with Crippen molar-refractivity contribution in [3.8, 4) is 11.1 Å². The van der Waals surface area contributed by atoms with Gasteiger partial charge in [-0.25, -0.2) is 10.5 Å². The number of benzene rings is 3. The average molecular weight is 618 g/mol. The monoisotopic (exact) mass is 617 g/mol. The normalized spacial score (nSPS) is 18.1. The number of H-pyrrole nitrogens is 1. The Kier molecular flexibility index (Phi) is 11.1. The van der Waals surface area contributed by atoms with Gasteiger partial charge in [-0.1, -0.05) is 72.4 Å². The largest absolute Gasteiger partial charge is 0.392 e. The number of carbonyl (C=O) groups is 2. The minimum atomic E-state index is -0.595. The van der Waals surface area contributed by atoms with Gasteiger partial charge in [0.25, 0.3) is 0 Å². The number of rotatable bonds is 13. The first kappa shape index (κ1) is 31.4. The molecule has 3 atom stereocenters. The van der Waals surface area contributed by atoms with Crippen molar-refractivity contribution in [1.29, 1.82) is 0 Å². The fourth-order valence-electron chi connectivity index (χ4n) is 4.94. The molecule has 1 aromatic heterocycles. The zero-order chi connectivity index (χ0) is 30.7. The Morgan fingerprint density at radius 2 is 1.70 bits per heavy atom. The van der Waals surface area contributed by atoms with Crippen molar-refractivity contribution in [3.05, 3.63) is 101 Å². The van der Waals surface area contributed by atoms with Crippen molar-refractivity contribution in [2.75, 3.05) is 5.75 Å². The van der Waals surface area contributed by atoms with E-state index in [9.17, 15) is 14.7 Å². The molecule has 1 aliphatic rings. The molecule has 0 spiro atoms. The van der Waals surface area contributed by atoms with E-state index < -0.39 is 12.2 Å². The molecule has 4 aromatic rings. The van der Waals surface area contributed by atoms with Crippen LogP contribution in [0.5, 0.6) is 0 Å². The lowest BCUT2D eigenvalue weighted by Gasteiger charge is -2.36. The second kappa shape index (κ2) is 15.6. The predicted octanol–water partition coefficient (Wildman–Crippen LogP) is 4.59. The van der Waals surface area contributed by atoms with Crippen LogP contribution in [0.1, 0.15) is 60.3 Å². The van der Waals surface area contributed by atoms with E-state index in [1.807, 2.05) is 66.7 Å². The van der Waals surface area contributed by atoms with Crippen LogP contribution in [0.4, 0.5) is 0 Å². The lowest BCUT2D eigenvalue weighted by molar-refractivity contribution is -0.245. The first-order valence-corrected chi connectivity index (χ1v) is 15.4. The van der Waals surface area contributed by atoms with E-state index in [1.165, 1.54) is 6.33 Å². The smallest absolute Gasteiger partial charge is 0.243 e. The number of hydroxylamine groups is 1. The highest BCUT2D eigenvalue weighted by atomic mass is 32.2. The van der Waals surface area contributed by atoms with Gasteiger partial charge in [0, 0.05) is 37.1 Å². The summed E-state index contributed by atoms with van der Waals surface area (Å²) in [5, 5.41) is 28.5. The van der Waals surface area contributed by atoms with Gasteiger partial charge in [0.15, 0.2) is 11.4 Å². The van der Waals surface area contributed by atoms with Crippen LogP contribution in [0, 0.1) is 0 Å². The summed E-state index contributed by atoms with van der Waals surface area (Å²) in [6.07, 6.45) is 1.88. The fraction of sp³-hybridized carbons (Fsp3) is 0.312. The second-order valence-corrected chi connectivity index (χ2v) is 11.5. The predicted molar refractivity (Wildman–Crippen MR) is 163 cm³/mol. The molecule has 12 heteroatoms. The Labute approximate surface area is 259 Å². The Morgan fingerprint density at radius 1 is 0.932 bits per heavy atom. The van der Waals surface area contributed by atoms with Crippen LogP contribution in [0.25, 0.3) is 11.1 Å². The van der Waals surface area contributed by atoms with E-state index in [0.29, 0.717) is 25.1 Å². The van der Waals surface area contributed by atoms with Crippen LogP contribution < -0.4 is 10.8 Å². The summed E-state index contributed by atoms with van der Waals surface area (Å²) in [5.74, 6) is -0.00123. The average Bonchev–Trinajstić information content (AvgIpc) is 3.60. The molecule has 3 unspecified atom stereocenters. The van der Waals surface area contributed by atoms with E-state index in [1.54, 1.807) is 17.2 Å². The molecule has 0 radical (unpaired) electrons. The standard InChI is InChI=1S/C32H35N5O6S/c38-18-21-10-12-23(13-11-21)28-16-27(19-44-32-34-20-35-36-32)42-31(43-28)26-7-2-6-25(15-26)24-5-1-4-22(14-24)17-33-29(39)8-3-9-30(40)37-41/h1-2,4-7,10-15,20,27-28,31,38,41H,3,8-9,16-19H2,(H,33,39)(H,37,40)(H,34,35,36). The number of ether oxygens (including phenoxy) is 2. The molecule has 44 heavy (non-hydrogen) atoms. The Balaban J connectivity index is 1.28. The van der Waals surface area contributed by atoms with Gasteiger partial charge in [-0.15, -0.1) is 0 Å². The number of aliphatic hydroxyl groups excluding tert-OH is 1. The van der Waals surface area contributed by atoms with Crippen molar-refractivity contribution in [2.45, 2.75) is 62.5 Å². The van der Waals surface area contributed by atoms with Gasteiger partial charge in [0.1, 0.15) is 6.33 Å². The van der Waals surface area contributed by atoms with Crippen LogP contribution in [-0.4, -0.2) is 49.2 Å². The number of aromatic nitrogens is 3. The maximum Gasteiger partial charge on any atom is 0.243 e. The van der Waals surface area contributed by atoms with Crippen molar-refractivity contribution >= 4 is 23.6 Å². The summed E-state index contributed by atoms with van der Waals surface area (Å²) in [6, 6.07) is 23.8. The van der Waals surface area contributed by atoms with E-state index in [4.69, 9.17) is 14.7 Å². The van der Waals surface area contributed by atoms with E-state index in [2.05, 4.69) is 26.6 Å². The third-order valence-electron chi connectivity index (χ3n) is 7.25. The van der Waals surface area contributed by atoms with E-state index in [0.717, 1.165) is 38.5 Å². The Bertz CT molecular complexity index is 1520. The summed E-state index contributed by atoms with van der Waals surface area (Å²) in [4.78, 5) is 27.6. The molecule has 1 aliphatic heterocycles. The van der Waals surface area contributed by atoms with Gasteiger partial charge in [-0.05, 0) is 46.4 Å². The van der Waals surface area contributed by atoms with Crippen LogP contribution >= 0.6 is 11.8 Å². The molecule has 0 saturated carbocycles. The van der Waals surface area contributed by atoms with Crippen LogP contribution in [0.2, 0.25) is 0 Å². The highest BCUT2D eigenvalue weighted by Crippen LogP contribution is 2.40. The maximum atomic E-state index is 12.2. The van der Waals surface area contributed by atoms with Gasteiger partial charge < -0.3 is 19.9 Å². The number of aromatic amines is 1. The molecular weight excluding hydrogens is 582 g/mol. The maximum absolute atomic E-state index is 12.2. The van der Waals surface area contributed by atoms with Crippen molar-refractivity contribution in [3.63, 3.8) is 0 Å². The van der Waals surface area contributed by atoms with E-state index in [-0.39, 0.29) is 37.6 Å². The number of hydrogen-bond acceptors (Lipinski definition) is 9. The molecule has 0 aliphatic carbocycles. The molecule has 230 valence electrons. The van der Waals surface area contributed by atoms with Gasteiger partial charge in [-0.3, -0.25) is 19.9 Å². The number of carbonyl (C=O) groups excluding carboxylic acids is 2. The summed E-state index contributed by atoms with van der Waals surface area (Å²) in [6.45, 7) is 0.342. The van der Waals surface area contributed by atoms with Gasteiger partial charge in [0.2, 0.25) is 11.8 Å². The summed E-state index contributed by atoms with van der Waals surface area (Å²) in [5.41, 5.74) is 7.24. The summed E-state index contributed by atoms with van der Waals surface area (Å²) < 4.78 is 13.0. The lowest BCUT2D eigenvalue weighted by atomic mass is 9.99. The summed E-state index contributed by atoms with van der Waals surface area (Å²) in [7, 11) is 0. The van der Waals surface area contributed by atoms with Crippen LogP contribution in [-0.2, 0) is 32.2 Å². The molecule has 1 fully saturated rings. The molecule has 2 heterocycles. The number of nitrogens with zero attached hydrogens (tertiary/aromatic N) is 2. The fourth-order valence-corrected chi connectivity index (χ4v) is 5.74. The van der Waals surface area contributed by atoms with Crippen LogP contribution in [0.3, 0.4) is 0 Å². The first-order chi connectivity index (χ1) is 21.5. The zero-order valence-electron chi connectivity index (χ0n) is 24.0. The molecule has 5 N–H and O–H groups in total. The Hall–Kier alpha value is -4.07. The number of aliphatic hydroxyl groups is 1. The molecule has 11 nitrogen and oxygen atoms in total. The molecule has 3 aromatic carbocycles. The van der Waals surface area contributed by atoms with Crippen molar-refractivity contribution in [2.24, 2.45) is 0 Å². The molecule has 0 bridgehead atoms. The number of amides is 2. The second-order valence-electron chi connectivity index (χ2n) is 10.4. The topological polar surface area (TPSA) is 159 Å². The minimum Gasteiger partial charge on any atom is -0.392 e. The van der Waals surface area contributed by atoms with Gasteiger partial charge >= 0.3 is 0 Å². The third kappa shape index (κ3) is 8.74. The molecule has 1 saturated heterocycles. The Morgan fingerprint density at radius 3 is 2.45 bits per heavy atom. The van der Waals surface area contributed by atoms with Gasteiger partial charge in [-0.2, -0.15) is 5.10 Å². The minimum absolute atomic E-state index is 0.0140. The zero-order valence-corrected chi connectivity index (χ0v) is 24.8. The van der Waals surface area contributed by atoms with Crippen LogP contribution in [0.15, 0.2) is 84.3 Å². The molecular formula is C32H35N5O6S. The molecule has 5 rings (SSSR count). The quantitative estimate of drug-likeness (QED) is 0.0822. The third-order valence-corrected chi connectivity index (χ3v) is 8.26. The number of thioether (sulfide) groups is 1. The summed E-state index contributed by atoms with van der Waals surface area (Å²) >= 11 is 1.55. The lowest BCUT2D eigenvalue weighted by Crippen LogP contribution is -2.31. The van der Waals surface area contributed by atoms with Gasteiger partial charge in [0.05, 0.1) is 18.8 Å². The highest BCUT2D eigenvalue weighted by Gasteiger charge is 2.32.